The van der Waals surface area contributed by atoms with Gasteiger partial charge in [-0.1, -0.05) is 34.5 Å². The molecule has 82 valence electrons. The van der Waals surface area contributed by atoms with Crippen LogP contribution in [0, 0.1) is 0 Å². The molecule has 1 aromatic carbocycles. The summed E-state index contributed by atoms with van der Waals surface area (Å²) in [4.78, 5) is 2.59. The third-order valence-corrected chi connectivity index (χ3v) is 3.76. The van der Waals surface area contributed by atoms with E-state index >= 15 is 0 Å². The molecule has 0 amide bonds. The summed E-state index contributed by atoms with van der Waals surface area (Å²) in [6.45, 7) is 4.83. The normalized spacial score (nSPS) is 20.1. The van der Waals surface area contributed by atoms with E-state index in [1.54, 1.807) is 0 Å². The van der Waals surface area contributed by atoms with Crippen molar-refractivity contribution in [3.8, 4) is 0 Å². The molecule has 1 aliphatic rings. The van der Waals surface area contributed by atoms with Gasteiger partial charge in [0.15, 0.2) is 0 Å². The van der Waals surface area contributed by atoms with Crippen LogP contribution < -0.4 is 0 Å². The van der Waals surface area contributed by atoms with Crippen molar-refractivity contribution < 1.29 is 0 Å². The van der Waals surface area contributed by atoms with E-state index in [4.69, 9.17) is 0 Å². The number of hydrogen-bond acceptors (Lipinski definition) is 1. The van der Waals surface area contributed by atoms with E-state index < -0.39 is 0 Å². The predicted octanol–water partition coefficient (Wildman–Crippen LogP) is 4.00. The maximum atomic E-state index is 3.54. The number of piperidine rings is 1. The first-order valence-electron chi connectivity index (χ1n) is 5.77. The van der Waals surface area contributed by atoms with Crippen molar-refractivity contribution in [2.75, 3.05) is 13.1 Å². The molecule has 1 unspecified atom stereocenters. The molecular weight excluding hydrogens is 250 g/mol. The maximum Gasteiger partial charge on any atom is 0.0320 e. The Hall–Kier alpha value is -0.340. The smallest absolute Gasteiger partial charge is 0.0320 e. The van der Waals surface area contributed by atoms with E-state index in [1.165, 1.54) is 42.4 Å². The Morgan fingerprint density at radius 3 is 2.60 bits per heavy atom. The molecule has 1 fully saturated rings. The quantitative estimate of drug-likeness (QED) is 0.783. The van der Waals surface area contributed by atoms with Gasteiger partial charge in [0.25, 0.3) is 0 Å². The van der Waals surface area contributed by atoms with E-state index in [0.29, 0.717) is 6.04 Å². The zero-order valence-electron chi connectivity index (χ0n) is 9.25. The summed E-state index contributed by atoms with van der Waals surface area (Å²) in [6, 6.07) is 9.23. The molecule has 1 atom stereocenters. The van der Waals surface area contributed by atoms with Gasteiger partial charge >= 0.3 is 0 Å². The average molecular weight is 268 g/mol. The van der Waals surface area contributed by atoms with Crippen LogP contribution in [-0.2, 0) is 0 Å². The Morgan fingerprint density at radius 1 is 1.20 bits per heavy atom. The van der Waals surface area contributed by atoms with Crippen molar-refractivity contribution in [1.82, 2.24) is 4.90 Å². The highest BCUT2D eigenvalue weighted by molar-refractivity contribution is 9.10. The molecule has 0 N–H and O–H groups in total. The SMILES string of the molecule is CC(c1cccc(Br)c1)N1CCCCC1. The summed E-state index contributed by atoms with van der Waals surface area (Å²) >= 11 is 3.54. The van der Waals surface area contributed by atoms with Crippen LogP contribution >= 0.6 is 15.9 Å². The van der Waals surface area contributed by atoms with Crippen LogP contribution in [0.1, 0.15) is 37.8 Å². The van der Waals surface area contributed by atoms with E-state index in [0.717, 1.165) is 0 Å². The highest BCUT2D eigenvalue weighted by Gasteiger charge is 2.17. The van der Waals surface area contributed by atoms with E-state index in [9.17, 15) is 0 Å². The van der Waals surface area contributed by atoms with Crippen molar-refractivity contribution in [2.45, 2.75) is 32.2 Å². The molecule has 15 heavy (non-hydrogen) atoms. The van der Waals surface area contributed by atoms with Crippen LogP contribution in [0.4, 0.5) is 0 Å². The van der Waals surface area contributed by atoms with E-state index in [1.807, 2.05) is 0 Å². The Bertz CT molecular complexity index is 318. The first-order valence-corrected chi connectivity index (χ1v) is 6.56. The van der Waals surface area contributed by atoms with Gasteiger partial charge in [0, 0.05) is 10.5 Å². The lowest BCUT2D eigenvalue weighted by Crippen LogP contribution is -2.32. The third kappa shape index (κ3) is 2.82. The molecule has 0 radical (unpaired) electrons. The molecule has 0 bridgehead atoms. The van der Waals surface area contributed by atoms with Gasteiger partial charge < -0.3 is 0 Å². The minimum atomic E-state index is 0.558. The van der Waals surface area contributed by atoms with Crippen LogP contribution in [0.2, 0.25) is 0 Å². The van der Waals surface area contributed by atoms with Crippen LogP contribution in [-0.4, -0.2) is 18.0 Å². The van der Waals surface area contributed by atoms with Crippen molar-refractivity contribution in [2.24, 2.45) is 0 Å². The minimum absolute atomic E-state index is 0.558. The molecule has 1 nitrogen and oxygen atoms in total. The molecule has 0 saturated carbocycles. The van der Waals surface area contributed by atoms with Crippen molar-refractivity contribution >= 4 is 15.9 Å². The number of nitrogens with zero attached hydrogens (tertiary/aromatic N) is 1. The van der Waals surface area contributed by atoms with Gasteiger partial charge in [0.2, 0.25) is 0 Å². The van der Waals surface area contributed by atoms with Crippen molar-refractivity contribution in [1.29, 1.82) is 0 Å². The van der Waals surface area contributed by atoms with Crippen LogP contribution in [0.15, 0.2) is 28.7 Å². The average Bonchev–Trinajstić information content (AvgIpc) is 2.29. The van der Waals surface area contributed by atoms with Crippen LogP contribution in [0.25, 0.3) is 0 Å². The highest BCUT2D eigenvalue weighted by atomic mass is 79.9. The van der Waals surface area contributed by atoms with Gasteiger partial charge in [-0.25, -0.2) is 0 Å². The summed E-state index contributed by atoms with van der Waals surface area (Å²) in [5.41, 5.74) is 1.42. The predicted molar refractivity (Wildman–Crippen MR) is 68.0 cm³/mol. The van der Waals surface area contributed by atoms with Gasteiger partial charge in [-0.2, -0.15) is 0 Å². The second kappa shape index (κ2) is 5.13. The number of rotatable bonds is 2. The summed E-state index contributed by atoms with van der Waals surface area (Å²) in [5.74, 6) is 0. The van der Waals surface area contributed by atoms with Crippen LogP contribution in [0.3, 0.4) is 0 Å². The van der Waals surface area contributed by atoms with Gasteiger partial charge in [-0.15, -0.1) is 0 Å². The van der Waals surface area contributed by atoms with Crippen LogP contribution in [0.5, 0.6) is 0 Å². The lowest BCUT2D eigenvalue weighted by Gasteiger charge is -2.32. The Labute approximate surface area is 101 Å². The van der Waals surface area contributed by atoms with E-state index in [2.05, 4.69) is 52.0 Å². The highest BCUT2D eigenvalue weighted by Crippen LogP contribution is 2.25. The molecule has 1 aromatic rings. The zero-order valence-corrected chi connectivity index (χ0v) is 10.8. The van der Waals surface area contributed by atoms with Crippen molar-refractivity contribution in [3.63, 3.8) is 0 Å². The summed E-state index contributed by atoms with van der Waals surface area (Å²) in [7, 11) is 0. The maximum absolute atomic E-state index is 3.54. The first-order chi connectivity index (χ1) is 7.27. The molecule has 2 heteroatoms. The third-order valence-electron chi connectivity index (χ3n) is 3.27. The molecular formula is C13H18BrN. The zero-order chi connectivity index (χ0) is 10.7. The second-order valence-electron chi connectivity index (χ2n) is 4.33. The fourth-order valence-electron chi connectivity index (χ4n) is 2.28. The second-order valence-corrected chi connectivity index (χ2v) is 5.24. The number of halogens is 1. The van der Waals surface area contributed by atoms with Gasteiger partial charge in [0.1, 0.15) is 0 Å². The fourth-order valence-corrected chi connectivity index (χ4v) is 2.70. The largest absolute Gasteiger partial charge is 0.297 e. The lowest BCUT2D eigenvalue weighted by molar-refractivity contribution is 0.175. The number of benzene rings is 1. The molecule has 2 rings (SSSR count). The molecule has 0 aliphatic carbocycles. The Balaban J connectivity index is 2.08. The van der Waals surface area contributed by atoms with Gasteiger partial charge in [-0.3, -0.25) is 4.90 Å². The lowest BCUT2D eigenvalue weighted by atomic mass is 10.0. The Kier molecular flexibility index (Phi) is 3.81. The molecule has 0 spiro atoms. The summed E-state index contributed by atoms with van der Waals surface area (Å²) in [5, 5.41) is 0. The number of hydrogen-bond donors (Lipinski definition) is 0. The van der Waals surface area contributed by atoms with Crippen molar-refractivity contribution in [3.05, 3.63) is 34.3 Å². The molecule has 1 aliphatic heterocycles. The molecule has 1 heterocycles. The summed E-state index contributed by atoms with van der Waals surface area (Å²) < 4.78 is 1.18. The fraction of sp³-hybridized carbons (Fsp3) is 0.538. The van der Waals surface area contributed by atoms with Gasteiger partial charge in [-0.05, 0) is 50.6 Å². The molecule has 0 aromatic heterocycles. The molecule has 1 saturated heterocycles. The van der Waals surface area contributed by atoms with Gasteiger partial charge in [0.05, 0.1) is 0 Å². The standard InChI is InChI=1S/C13H18BrN/c1-11(15-8-3-2-4-9-15)12-6-5-7-13(14)10-12/h5-7,10-11H,2-4,8-9H2,1H3. The topological polar surface area (TPSA) is 3.24 Å². The first kappa shape index (κ1) is 11.2. The summed E-state index contributed by atoms with van der Waals surface area (Å²) in [6.07, 6.45) is 4.12. The monoisotopic (exact) mass is 267 g/mol. The number of likely N-dealkylation sites (tertiary alicyclic amines) is 1. The van der Waals surface area contributed by atoms with E-state index in [-0.39, 0.29) is 0 Å². The minimum Gasteiger partial charge on any atom is -0.297 e. The Morgan fingerprint density at radius 2 is 1.93 bits per heavy atom.